The molecule has 21 heteroatoms. The van der Waals surface area contributed by atoms with E-state index in [-0.39, 0.29) is 68.6 Å². The van der Waals surface area contributed by atoms with E-state index < -0.39 is 82.0 Å². The number of nitriles is 1. The van der Waals surface area contributed by atoms with Crippen molar-refractivity contribution in [3.8, 4) is 11.8 Å². The number of hydrogen-bond acceptors (Lipinski definition) is 13. The third kappa shape index (κ3) is 12.8. The number of carbonyl (C=O) groups excluding carboxylic acids is 6. The molecule has 3 heterocycles. The molecule has 75 heavy (non-hydrogen) atoms. The highest BCUT2D eigenvalue weighted by atomic mass is 35.5. The number of amides is 6. The Hall–Kier alpha value is -6.53. The van der Waals surface area contributed by atoms with Crippen molar-refractivity contribution in [3.63, 3.8) is 0 Å². The first-order valence-electron chi connectivity index (χ1n) is 24.6. The molecule has 0 bridgehead atoms. The lowest BCUT2D eigenvalue weighted by molar-refractivity contribution is -0.136. The Labute approximate surface area is 443 Å². The van der Waals surface area contributed by atoms with Gasteiger partial charge in [0, 0.05) is 66.5 Å². The van der Waals surface area contributed by atoms with E-state index in [0.29, 0.717) is 71.3 Å². The first-order valence-corrected chi connectivity index (χ1v) is 25.3. The molecule has 4 aromatic rings. The maximum absolute atomic E-state index is 16.1. The van der Waals surface area contributed by atoms with Gasteiger partial charge in [0.05, 0.1) is 67.5 Å². The molecule has 398 valence electrons. The van der Waals surface area contributed by atoms with E-state index in [0.717, 1.165) is 11.0 Å². The molecule has 0 aromatic heterocycles. The van der Waals surface area contributed by atoms with E-state index >= 15 is 8.78 Å². The number of imide groups is 2. The van der Waals surface area contributed by atoms with Crippen LogP contribution in [0.1, 0.15) is 101 Å². The average Bonchev–Trinajstić information content (AvgIpc) is 3.86. The van der Waals surface area contributed by atoms with Gasteiger partial charge in [0.2, 0.25) is 17.7 Å². The molecule has 2 fully saturated rings. The fourth-order valence-electron chi connectivity index (χ4n) is 9.78. The number of ether oxygens (including phenoxy) is 4. The van der Waals surface area contributed by atoms with E-state index in [1.807, 2.05) is 20.8 Å². The van der Waals surface area contributed by atoms with E-state index in [4.69, 9.17) is 42.1 Å². The maximum Gasteiger partial charge on any atom is 0.264 e. The number of methoxy groups -OCH3 is 1. The van der Waals surface area contributed by atoms with Crippen molar-refractivity contribution >= 4 is 70.0 Å². The molecule has 3 aliphatic heterocycles. The van der Waals surface area contributed by atoms with Crippen LogP contribution in [0.2, 0.25) is 10.0 Å². The molecule has 0 aliphatic carbocycles. The number of rotatable bonds is 23. The first kappa shape index (κ1) is 56.2. The van der Waals surface area contributed by atoms with Crippen molar-refractivity contribution in [2.45, 2.75) is 82.3 Å². The molecule has 2 saturated heterocycles. The Balaban J connectivity index is 0.828. The number of piperidine rings is 1. The van der Waals surface area contributed by atoms with Crippen molar-refractivity contribution in [3.05, 3.63) is 122 Å². The number of carbonyl (C=O) groups is 6. The van der Waals surface area contributed by atoms with Gasteiger partial charge in [-0.1, -0.05) is 68.2 Å². The predicted molar refractivity (Wildman–Crippen MR) is 275 cm³/mol. The van der Waals surface area contributed by atoms with Gasteiger partial charge in [0.15, 0.2) is 0 Å². The van der Waals surface area contributed by atoms with Crippen molar-refractivity contribution in [2.24, 2.45) is 5.41 Å². The second kappa shape index (κ2) is 24.9. The second-order valence-corrected chi connectivity index (χ2v) is 20.3. The summed E-state index contributed by atoms with van der Waals surface area (Å²) in [6.07, 6.45) is 1.50. The summed E-state index contributed by atoms with van der Waals surface area (Å²) in [6, 6.07) is 16.7. The molecule has 5 N–H and O–H groups in total. The lowest BCUT2D eigenvalue weighted by Gasteiger charge is -2.37. The van der Waals surface area contributed by atoms with Crippen LogP contribution in [0.4, 0.5) is 20.2 Å². The fourth-order valence-corrected chi connectivity index (χ4v) is 10.1. The van der Waals surface area contributed by atoms with Crippen molar-refractivity contribution in [1.29, 1.82) is 5.26 Å². The second-order valence-electron chi connectivity index (χ2n) is 19.5. The Bertz CT molecular complexity index is 2860. The molecular formula is C54H59Cl2F2N7O10. The van der Waals surface area contributed by atoms with Crippen LogP contribution < -0.4 is 31.3 Å². The highest BCUT2D eigenvalue weighted by Gasteiger charge is 2.61. The summed E-state index contributed by atoms with van der Waals surface area (Å²) in [6.45, 7) is 8.66. The maximum atomic E-state index is 16.1. The quantitative estimate of drug-likeness (QED) is 0.0363. The molecule has 4 unspecified atom stereocenters. The smallest absolute Gasteiger partial charge is 0.264 e. The van der Waals surface area contributed by atoms with Crippen LogP contribution in [0.25, 0.3) is 0 Å². The van der Waals surface area contributed by atoms with E-state index in [9.17, 15) is 34.0 Å². The van der Waals surface area contributed by atoms with Crippen LogP contribution >= 0.6 is 23.2 Å². The van der Waals surface area contributed by atoms with Crippen LogP contribution in [0.5, 0.6) is 5.75 Å². The summed E-state index contributed by atoms with van der Waals surface area (Å²) in [5, 5.41) is 25.4. The molecule has 0 spiro atoms. The van der Waals surface area contributed by atoms with E-state index in [1.165, 1.54) is 61.7 Å². The average molecular weight is 1080 g/mol. The number of halogens is 4. The van der Waals surface area contributed by atoms with Gasteiger partial charge in [0.25, 0.3) is 17.7 Å². The molecular weight excluding hydrogens is 1020 g/mol. The largest absolute Gasteiger partial charge is 0.495 e. The number of benzene rings is 4. The molecule has 0 saturated carbocycles. The summed E-state index contributed by atoms with van der Waals surface area (Å²) >= 11 is 12.4. The molecule has 5 atom stereocenters. The van der Waals surface area contributed by atoms with Crippen LogP contribution in [-0.2, 0) is 34.0 Å². The normalized spacial score (nSPS) is 20.4. The predicted octanol–water partition coefficient (Wildman–Crippen LogP) is 7.31. The van der Waals surface area contributed by atoms with Gasteiger partial charge < -0.3 is 40.2 Å². The zero-order valence-electron chi connectivity index (χ0n) is 41.9. The van der Waals surface area contributed by atoms with Crippen LogP contribution in [0.3, 0.4) is 0 Å². The van der Waals surface area contributed by atoms with Gasteiger partial charge in [0.1, 0.15) is 28.8 Å². The highest BCUT2D eigenvalue weighted by Crippen LogP contribution is 2.53. The molecule has 3 aliphatic rings. The van der Waals surface area contributed by atoms with E-state index in [1.54, 1.807) is 12.1 Å². The first-order chi connectivity index (χ1) is 35.9. The van der Waals surface area contributed by atoms with Crippen LogP contribution in [0.15, 0.2) is 72.8 Å². The number of anilines is 2. The highest BCUT2D eigenvalue weighted by molar-refractivity contribution is 6.31. The Morgan fingerprint density at radius 1 is 0.867 bits per heavy atom. The van der Waals surface area contributed by atoms with E-state index in [2.05, 4.69) is 32.7 Å². The third-order valence-electron chi connectivity index (χ3n) is 13.2. The monoisotopic (exact) mass is 1070 g/mol. The number of nitrogens with zero attached hydrogens (tertiary/aromatic N) is 2. The van der Waals surface area contributed by atoms with Gasteiger partial charge in [-0.3, -0.25) is 39.0 Å². The third-order valence-corrected chi connectivity index (χ3v) is 13.7. The number of nitrogens with one attached hydrogen (secondary N) is 5. The molecule has 7 rings (SSSR count). The zero-order valence-corrected chi connectivity index (χ0v) is 43.4. The molecule has 17 nitrogen and oxygen atoms in total. The Morgan fingerprint density at radius 2 is 1.56 bits per heavy atom. The number of hydrogen-bond donors (Lipinski definition) is 5. The van der Waals surface area contributed by atoms with Crippen molar-refractivity contribution in [1.82, 2.24) is 20.9 Å². The molecule has 6 amide bonds. The SMILES string of the molecule is COc1cc(C(=O)NCCCOCCOCCOCCCNc2cccc3c2C(=O)N(C2CCC(=O)NC2=O)C3=O)ccc1NC(=O)C1N[C@@H](CC(C)(C)C)C(C#N)(c2ccc(Cl)cc2F)C1c1cccc(Cl)c1F. The minimum Gasteiger partial charge on any atom is -0.495 e. The molecule has 0 radical (unpaired) electrons. The van der Waals surface area contributed by atoms with Crippen LogP contribution in [-0.4, -0.2) is 118 Å². The Morgan fingerprint density at radius 3 is 2.23 bits per heavy atom. The molecule has 4 aromatic carbocycles. The van der Waals surface area contributed by atoms with Gasteiger partial charge in [-0.25, -0.2) is 8.78 Å². The fraction of sp³-hybridized carbons (Fsp3) is 0.426. The summed E-state index contributed by atoms with van der Waals surface area (Å²) < 4.78 is 54.7. The van der Waals surface area contributed by atoms with Crippen LogP contribution in [0, 0.1) is 28.4 Å². The lowest BCUT2D eigenvalue weighted by Crippen LogP contribution is -2.54. The summed E-state index contributed by atoms with van der Waals surface area (Å²) in [5.41, 5.74) is -1.06. The zero-order chi connectivity index (χ0) is 54.0. The number of fused-ring (bicyclic) bond motifs is 1. The van der Waals surface area contributed by atoms with Crippen molar-refractivity contribution < 1.29 is 56.5 Å². The van der Waals surface area contributed by atoms with Crippen molar-refractivity contribution in [2.75, 3.05) is 70.5 Å². The Kier molecular flexibility index (Phi) is 18.6. The summed E-state index contributed by atoms with van der Waals surface area (Å²) in [5.74, 6) is -6.09. The summed E-state index contributed by atoms with van der Waals surface area (Å²) in [7, 11) is 1.37. The van der Waals surface area contributed by atoms with Gasteiger partial charge in [-0.05, 0) is 85.2 Å². The minimum absolute atomic E-state index is 0.0405. The lowest BCUT2D eigenvalue weighted by atomic mass is 9.62. The topological polar surface area (TPSA) is 227 Å². The van der Waals surface area contributed by atoms with Gasteiger partial charge >= 0.3 is 0 Å². The van der Waals surface area contributed by atoms with Gasteiger partial charge in [-0.15, -0.1) is 0 Å². The summed E-state index contributed by atoms with van der Waals surface area (Å²) in [4.78, 5) is 79.0. The standard InChI is InChI=1S/C54H59Cl2F2N7O10/c1-53(2,3)29-42-54(30-59,35-15-14-32(55)28-37(35)57)45(34-10-5-11-36(56)46(34)58)47(63-42)50(69)62-38-16-13-31(27-41(38)72-4)48(67)61-20-8-22-74-24-26-75-25-23-73-21-7-19-60-39-12-6-9-33-44(39)52(71)65(51(33)70)40-17-18-43(66)64-49(40)68/h5-6,9-16,27-28,40,42,45,47,60,63H,7-8,17-26,29H2,1-4H3,(H,61,67)(H,62,69)(H,64,66,68)/t40?,42-,45?,47?,54?/m0/s1. The minimum atomic E-state index is -1.82. The van der Waals surface area contributed by atoms with Gasteiger partial charge in [-0.2, -0.15) is 5.26 Å².